The summed E-state index contributed by atoms with van der Waals surface area (Å²) in [4.78, 5) is 12.5. The normalized spacial score (nSPS) is 21.4. The molecule has 1 heterocycles. The van der Waals surface area contributed by atoms with Gasteiger partial charge in [-0.15, -0.1) is 0 Å². The zero-order valence-corrected chi connectivity index (χ0v) is 6.84. The van der Waals surface area contributed by atoms with Gasteiger partial charge in [0.25, 0.3) is 0 Å². The molecule has 1 atom stereocenters. The number of primary amides is 1. The van der Waals surface area contributed by atoms with Gasteiger partial charge in [-0.3, -0.25) is 5.32 Å². The predicted octanol–water partition coefficient (Wildman–Crippen LogP) is 0.0965. The van der Waals surface area contributed by atoms with Crippen LogP contribution in [0.3, 0.4) is 0 Å². The molecular weight excluding hydrogens is 142 g/mol. The number of hydrogen-bond donors (Lipinski definition) is 2. The first-order valence-corrected chi connectivity index (χ1v) is 4.05. The molecule has 3 N–H and O–H groups in total. The molecule has 0 spiro atoms. The lowest BCUT2D eigenvalue weighted by Gasteiger charge is -2.17. The molecule has 1 rings (SSSR count). The number of unbranched alkanes of at least 4 members (excludes halogenated alkanes) is 1. The molecular formula is C7H15N3O. The van der Waals surface area contributed by atoms with Crippen LogP contribution in [0.15, 0.2) is 0 Å². The summed E-state index contributed by atoms with van der Waals surface area (Å²) in [6.45, 7) is 3.77. The predicted molar refractivity (Wildman–Crippen MR) is 43.0 cm³/mol. The maximum absolute atomic E-state index is 10.8. The van der Waals surface area contributed by atoms with Crippen molar-refractivity contribution in [2.24, 2.45) is 5.73 Å². The maximum Gasteiger partial charge on any atom is 0.316 e. The van der Waals surface area contributed by atoms with E-state index in [2.05, 4.69) is 12.2 Å². The topological polar surface area (TPSA) is 68.3 Å². The molecule has 4 heteroatoms. The Kier molecular flexibility index (Phi) is 2.70. The monoisotopic (exact) mass is 157 g/mol. The number of nitrogens with two attached hydrogens (primary N) is 1. The lowest BCUT2D eigenvalue weighted by Crippen LogP contribution is -2.39. The highest BCUT2D eigenvalue weighted by Gasteiger charge is 2.29. The van der Waals surface area contributed by atoms with E-state index in [1.165, 1.54) is 0 Å². The Morgan fingerprint density at radius 2 is 2.45 bits per heavy atom. The lowest BCUT2D eigenvalue weighted by molar-refractivity contribution is 0.203. The number of urea groups is 1. The maximum atomic E-state index is 10.8. The lowest BCUT2D eigenvalue weighted by atomic mass is 10.3. The Bertz CT molecular complexity index is 145. The van der Waals surface area contributed by atoms with Gasteiger partial charge >= 0.3 is 6.03 Å². The van der Waals surface area contributed by atoms with Gasteiger partial charge in [0.15, 0.2) is 0 Å². The number of amides is 2. The Hall–Kier alpha value is -0.770. The Labute approximate surface area is 66.7 Å². The fourth-order valence-electron chi connectivity index (χ4n) is 1.02. The van der Waals surface area contributed by atoms with E-state index in [1.54, 1.807) is 4.90 Å². The van der Waals surface area contributed by atoms with Crippen molar-refractivity contribution in [1.29, 1.82) is 0 Å². The third-order valence-corrected chi connectivity index (χ3v) is 1.80. The number of carbonyl (C=O) groups excluding carboxylic acids is 1. The summed E-state index contributed by atoms with van der Waals surface area (Å²) in [6.07, 6.45) is 2.34. The van der Waals surface area contributed by atoms with Gasteiger partial charge in [-0.1, -0.05) is 13.3 Å². The van der Waals surface area contributed by atoms with Crippen molar-refractivity contribution in [3.63, 3.8) is 0 Å². The number of nitrogens with one attached hydrogen (secondary N) is 1. The molecule has 0 aliphatic carbocycles. The molecule has 0 aromatic heterocycles. The first-order chi connectivity index (χ1) is 5.25. The SMILES string of the molecule is CCCCN(C(N)=O)C1CN1. The van der Waals surface area contributed by atoms with E-state index in [0.717, 1.165) is 25.9 Å². The second kappa shape index (κ2) is 3.57. The number of nitrogens with zero attached hydrogens (tertiary/aromatic N) is 1. The zero-order valence-electron chi connectivity index (χ0n) is 6.84. The van der Waals surface area contributed by atoms with Crippen molar-refractivity contribution in [3.8, 4) is 0 Å². The van der Waals surface area contributed by atoms with E-state index < -0.39 is 0 Å². The molecule has 4 nitrogen and oxygen atoms in total. The van der Waals surface area contributed by atoms with Gasteiger partial charge in [0, 0.05) is 13.1 Å². The Morgan fingerprint density at radius 3 is 2.82 bits per heavy atom. The van der Waals surface area contributed by atoms with Crippen LogP contribution in [0.5, 0.6) is 0 Å². The standard InChI is InChI=1S/C7H15N3O/c1-2-3-4-10(7(8)11)6-5-9-6/h6,9H,2-5H2,1H3,(H2,8,11). The number of carbonyl (C=O) groups is 1. The molecule has 64 valence electrons. The summed E-state index contributed by atoms with van der Waals surface area (Å²) in [5.74, 6) is 0. The van der Waals surface area contributed by atoms with Gasteiger partial charge in [0.05, 0.1) is 6.17 Å². The van der Waals surface area contributed by atoms with E-state index >= 15 is 0 Å². The number of hydrogen-bond acceptors (Lipinski definition) is 2. The summed E-state index contributed by atoms with van der Waals surface area (Å²) in [7, 11) is 0. The summed E-state index contributed by atoms with van der Waals surface area (Å²) in [5.41, 5.74) is 5.17. The summed E-state index contributed by atoms with van der Waals surface area (Å²) in [5, 5.41) is 3.05. The highest BCUT2D eigenvalue weighted by Crippen LogP contribution is 2.06. The van der Waals surface area contributed by atoms with Crippen molar-refractivity contribution >= 4 is 6.03 Å². The van der Waals surface area contributed by atoms with Crippen molar-refractivity contribution < 1.29 is 4.79 Å². The van der Waals surface area contributed by atoms with Crippen LogP contribution in [0.1, 0.15) is 19.8 Å². The van der Waals surface area contributed by atoms with Gasteiger partial charge in [0.2, 0.25) is 0 Å². The largest absolute Gasteiger partial charge is 0.351 e. The van der Waals surface area contributed by atoms with E-state index in [0.29, 0.717) is 0 Å². The van der Waals surface area contributed by atoms with Crippen LogP contribution in [-0.4, -0.2) is 30.2 Å². The third kappa shape index (κ3) is 2.38. The van der Waals surface area contributed by atoms with E-state index in [9.17, 15) is 4.79 Å². The molecule has 0 radical (unpaired) electrons. The van der Waals surface area contributed by atoms with Crippen molar-refractivity contribution in [3.05, 3.63) is 0 Å². The third-order valence-electron chi connectivity index (χ3n) is 1.80. The molecule has 1 aliphatic heterocycles. The smallest absolute Gasteiger partial charge is 0.316 e. The van der Waals surface area contributed by atoms with E-state index in [-0.39, 0.29) is 12.2 Å². The molecule has 1 aliphatic rings. The van der Waals surface area contributed by atoms with E-state index in [1.807, 2.05) is 0 Å². The molecule has 0 aromatic carbocycles. The van der Waals surface area contributed by atoms with Crippen molar-refractivity contribution in [2.45, 2.75) is 25.9 Å². The van der Waals surface area contributed by atoms with Crippen LogP contribution in [0.25, 0.3) is 0 Å². The highest BCUT2D eigenvalue weighted by atomic mass is 16.2. The first-order valence-electron chi connectivity index (χ1n) is 4.05. The highest BCUT2D eigenvalue weighted by molar-refractivity contribution is 5.72. The average Bonchev–Trinajstić information content (AvgIpc) is 2.71. The van der Waals surface area contributed by atoms with Gasteiger partial charge in [-0.05, 0) is 6.42 Å². The summed E-state index contributed by atoms with van der Waals surface area (Å²) < 4.78 is 0. The minimum absolute atomic E-state index is 0.221. The fourth-order valence-corrected chi connectivity index (χ4v) is 1.02. The molecule has 1 saturated heterocycles. The van der Waals surface area contributed by atoms with Crippen LogP contribution >= 0.6 is 0 Å². The minimum Gasteiger partial charge on any atom is -0.351 e. The van der Waals surface area contributed by atoms with Crippen molar-refractivity contribution in [1.82, 2.24) is 10.2 Å². The minimum atomic E-state index is -0.312. The second-order valence-electron chi connectivity index (χ2n) is 2.81. The molecule has 0 saturated carbocycles. The Balaban J connectivity index is 2.26. The van der Waals surface area contributed by atoms with Gasteiger partial charge < -0.3 is 10.6 Å². The number of rotatable bonds is 4. The first kappa shape index (κ1) is 8.33. The molecule has 0 bridgehead atoms. The van der Waals surface area contributed by atoms with Gasteiger partial charge in [-0.2, -0.15) is 0 Å². The molecule has 1 unspecified atom stereocenters. The van der Waals surface area contributed by atoms with Crippen LogP contribution in [0, 0.1) is 0 Å². The van der Waals surface area contributed by atoms with Crippen LogP contribution in [0.2, 0.25) is 0 Å². The van der Waals surface area contributed by atoms with Gasteiger partial charge in [0.1, 0.15) is 0 Å². The summed E-state index contributed by atoms with van der Waals surface area (Å²) >= 11 is 0. The zero-order chi connectivity index (χ0) is 8.27. The summed E-state index contributed by atoms with van der Waals surface area (Å²) in [6, 6.07) is -0.312. The molecule has 11 heavy (non-hydrogen) atoms. The second-order valence-corrected chi connectivity index (χ2v) is 2.81. The average molecular weight is 157 g/mol. The Morgan fingerprint density at radius 1 is 1.82 bits per heavy atom. The molecule has 0 aromatic rings. The van der Waals surface area contributed by atoms with E-state index in [4.69, 9.17) is 5.73 Å². The molecule has 1 fully saturated rings. The van der Waals surface area contributed by atoms with Crippen LogP contribution in [-0.2, 0) is 0 Å². The fraction of sp³-hybridized carbons (Fsp3) is 0.857. The van der Waals surface area contributed by atoms with Crippen LogP contribution in [0.4, 0.5) is 4.79 Å². The van der Waals surface area contributed by atoms with Crippen molar-refractivity contribution in [2.75, 3.05) is 13.1 Å². The molecule has 2 amide bonds. The quantitative estimate of drug-likeness (QED) is 0.568. The van der Waals surface area contributed by atoms with Gasteiger partial charge in [-0.25, -0.2) is 4.79 Å². The van der Waals surface area contributed by atoms with Crippen LogP contribution < -0.4 is 11.1 Å².